The van der Waals surface area contributed by atoms with Crippen molar-refractivity contribution >= 4 is 26.6 Å². The maximum Gasteiger partial charge on any atom is 0.232 e. The number of unbranched alkanes of at least 4 members (excludes halogenated alkanes) is 13. The lowest BCUT2D eigenvalue weighted by molar-refractivity contribution is 0.537. The van der Waals surface area contributed by atoms with Crippen molar-refractivity contribution in [3.05, 3.63) is 30.5 Å². The molecule has 0 radical (unpaired) electrons. The first-order valence-electron chi connectivity index (χ1n) is 11.7. The summed E-state index contributed by atoms with van der Waals surface area (Å²) < 4.78 is 27.5. The van der Waals surface area contributed by atoms with E-state index < -0.39 is 10.0 Å². The maximum absolute atomic E-state index is 12.4. The Hall–Kier alpha value is -1.49. The number of para-hydroxylation sites is 1. The average Bonchev–Trinajstić information content (AvgIpc) is 3.18. The van der Waals surface area contributed by atoms with Crippen molar-refractivity contribution in [3.8, 4) is 0 Å². The summed E-state index contributed by atoms with van der Waals surface area (Å²) in [4.78, 5) is 3.10. The number of H-pyrrole nitrogens is 1. The van der Waals surface area contributed by atoms with E-state index in [1.165, 1.54) is 70.6 Å². The molecule has 0 saturated carbocycles. The Bertz CT molecular complexity index is 783. The molecule has 1 heterocycles. The van der Waals surface area contributed by atoms with Crippen LogP contribution < -0.4 is 4.72 Å². The number of sulfonamides is 1. The number of rotatable bonds is 17. The normalized spacial score (nSPS) is 11.9. The van der Waals surface area contributed by atoms with E-state index in [0.29, 0.717) is 5.69 Å². The molecular formula is C24H40N2O2S. The predicted molar refractivity (Wildman–Crippen MR) is 126 cm³/mol. The molecular weight excluding hydrogens is 380 g/mol. The Morgan fingerprint density at radius 2 is 1.31 bits per heavy atom. The number of fused-ring (bicyclic) bond motifs is 1. The quantitative estimate of drug-likeness (QED) is 0.262. The Balaban J connectivity index is 1.47. The second-order valence-electron chi connectivity index (χ2n) is 8.26. The van der Waals surface area contributed by atoms with Gasteiger partial charge < -0.3 is 4.98 Å². The van der Waals surface area contributed by atoms with Crippen LogP contribution in [-0.4, -0.2) is 19.2 Å². The van der Waals surface area contributed by atoms with E-state index in [0.717, 1.165) is 30.2 Å². The summed E-state index contributed by atoms with van der Waals surface area (Å²) in [5.74, 6) is 0.197. The van der Waals surface area contributed by atoms with Crippen molar-refractivity contribution < 1.29 is 8.42 Å². The summed E-state index contributed by atoms with van der Waals surface area (Å²) in [6.07, 6.45) is 19.6. The van der Waals surface area contributed by atoms with Crippen molar-refractivity contribution in [1.29, 1.82) is 0 Å². The number of benzene rings is 1. The van der Waals surface area contributed by atoms with Crippen LogP contribution >= 0.6 is 0 Å². The Morgan fingerprint density at radius 3 is 1.90 bits per heavy atom. The van der Waals surface area contributed by atoms with Crippen LogP contribution in [0.2, 0.25) is 0 Å². The van der Waals surface area contributed by atoms with Gasteiger partial charge >= 0.3 is 0 Å². The molecule has 0 aliphatic carbocycles. The number of hydrogen-bond acceptors (Lipinski definition) is 2. The molecule has 1 aromatic heterocycles. The van der Waals surface area contributed by atoms with E-state index in [-0.39, 0.29) is 5.75 Å². The summed E-state index contributed by atoms with van der Waals surface area (Å²) in [5.41, 5.74) is 1.48. The van der Waals surface area contributed by atoms with Crippen LogP contribution in [0.4, 0.5) is 5.69 Å². The maximum atomic E-state index is 12.4. The van der Waals surface area contributed by atoms with Gasteiger partial charge in [0.15, 0.2) is 0 Å². The number of aromatic nitrogens is 1. The lowest BCUT2D eigenvalue weighted by Gasteiger charge is -2.09. The highest BCUT2D eigenvalue weighted by molar-refractivity contribution is 7.92. The van der Waals surface area contributed by atoms with Crippen LogP contribution in [0, 0.1) is 0 Å². The zero-order valence-corrected chi connectivity index (χ0v) is 19.0. The van der Waals surface area contributed by atoms with Gasteiger partial charge in [0.1, 0.15) is 0 Å². The molecule has 2 rings (SSSR count). The molecule has 0 saturated heterocycles. The molecule has 0 aliphatic rings. The molecule has 2 N–H and O–H groups in total. The monoisotopic (exact) mass is 420 g/mol. The van der Waals surface area contributed by atoms with E-state index in [2.05, 4.69) is 16.6 Å². The number of aromatic amines is 1. The van der Waals surface area contributed by atoms with E-state index >= 15 is 0 Å². The van der Waals surface area contributed by atoms with Gasteiger partial charge in [-0.2, -0.15) is 0 Å². The average molecular weight is 421 g/mol. The van der Waals surface area contributed by atoms with Gasteiger partial charge in [0.2, 0.25) is 10.0 Å². The highest BCUT2D eigenvalue weighted by Crippen LogP contribution is 2.23. The molecule has 0 atom stereocenters. The molecule has 5 heteroatoms. The fourth-order valence-corrected chi connectivity index (χ4v) is 5.07. The van der Waals surface area contributed by atoms with Crippen molar-refractivity contribution in [3.63, 3.8) is 0 Å². The van der Waals surface area contributed by atoms with E-state index in [1.807, 2.05) is 30.5 Å². The van der Waals surface area contributed by atoms with E-state index in [4.69, 9.17) is 0 Å². The summed E-state index contributed by atoms with van der Waals surface area (Å²) in [6.45, 7) is 2.26. The second-order valence-corrected chi connectivity index (χ2v) is 10.1. The zero-order chi connectivity index (χ0) is 20.8. The van der Waals surface area contributed by atoms with Crippen LogP contribution in [0.3, 0.4) is 0 Å². The van der Waals surface area contributed by atoms with Gasteiger partial charge in [-0.1, -0.05) is 103 Å². The smallest absolute Gasteiger partial charge is 0.232 e. The summed E-state index contributed by atoms with van der Waals surface area (Å²) in [7, 11) is -3.29. The third-order valence-electron chi connectivity index (χ3n) is 5.62. The Morgan fingerprint density at radius 1 is 0.759 bits per heavy atom. The standard InChI is InChI=1S/C24H40N2O2S/c1-2-3-4-5-6-7-8-9-10-11-12-13-14-15-21-29(27,28)26-23-18-16-17-22-19-20-25-24(22)23/h16-20,25-26H,2-15,21H2,1H3. The molecule has 2 aromatic rings. The van der Waals surface area contributed by atoms with Crippen molar-refractivity contribution in [2.75, 3.05) is 10.5 Å². The minimum absolute atomic E-state index is 0.197. The molecule has 0 spiro atoms. The zero-order valence-electron chi connectivity index (χ0n) is 18.2. The van der Waals surface area contributed by atoms with Crippen molar-refractivity contribution in [2.24, 2.45) is 0 Å². The number of anilines is 1. The molecule has 0 fully saturated rings. The van der Waals surface area contributed by atoms with Crippen LogP contribution in [0.25, 0.3) is 10.9 Å². The molecule has 0 aliphatic heterocycles. The van der Waals surface area contributed by atoms with Gasteiger partial charge in [-0.05, 0) is 18.6 Å². The van der Waals surface area contributed by atoms with Crippen LogP contribution in [0.15, 0.2) is 30.5 Å². The third kappa shape index (κ3) is 9.70. The highest BCUT2D eigenvalue weighted by atomic mass is 32.2. The van der Waals surface area contributed by atoms with Gasteiger partial charge in [0.25, 0.3) is 0 Å². The molecule has 29 heavy (non-hydrogen) atoms. The molecule has 0 unspecified atom stereocenters. The molecule has 4 nitrogen and oxygen atoms in total. The minimum Gasteiger partial charge on any atom is -0.359 e. The largest absolute Gasteiger partial charge is 0.359 e. The molecule has 0 amide bonds. The highest BCUT2D eigenvalue weighted by Gasteiger charge is 2.12. The molecule has 164 valence electrons. The van der Waals surface area contributed by atoms with Crippen LogP contribution in [0.5, 0.6) is 0 Å². The van der Waals surface area contributed by atoms with E-state index in [9.17, 15) is 8.42 Å². The summed E-state index contributed by atoms with van der Waals surface area (Å²) in [6, 6.07) is 7.60. The van der Waals surface area contributed by atoms with Crippen LogP contribution in [-0.2, 0) is 10.0 Å². The first-order valence-corrected chi connectivity index (χ1v) is 13.3. The molecule has 1 aromatic carbocycles. The lowest BCUT2D eigenvalue weighted by atomic mass is 10.0. The van der Waals surface area contributed by atoms with Gasteiger partial charge in [-0.15, -0.1) is 0 Å². The van der Waals surface area contributed by atoms with Crippen LogP contribution in [0.1, 0.15) is 96.8 Å². The third-order valence-corrected chi connectivity index (χ3v) is 6.98. The minimum atomic E-state index is -3.29. The summed E-state index contributed by atoms with van der Waals surface area (Å²) in [5, 5.41) is 1.02. The first kappa shape index (κ1) is 23.8. The SMILES string of the molecule is CCCCCCCCCCCCCCCCS(=O)(=O)Nc1cccc2cc[nH]c12. The van der Waals surface area contributed by atoms with Crippen molar-refractivity contribution in [1.82, 2.24) is 4.98 Å². The van der Waals surface area contributed by atoms with E-state index in [1.54, 1.807) is 0 Å². The van der Waals surface area contributed by atoms with Gasteiger partial charge in [-0.3, -0.25) is 4.72 Å². The summed E-state index contributed by atoms with van der Waals surface area (Å²) >= 11 is 0. The number of hydrogen-bond donors (Lipinski definition) is 2. The lowest BCUT2D eigenvalue weighted by Crippen LogP contribution is -2.16. The number of nitrogens with one attached hydrogen (secondary N) is 2. The second kappa shape index (κ2) is 13.7. The fourth-order valence-electron chi connectivity index (χ4n) is 3.88. The first-order chi connectivity index (χ1) is 14.1. The predicted octanol–water partition coefficient (Wildman–Crippen LogP) is 7.39. The van der Waals surface area contributed by atoms with Gasteiger partial charge in [0.05, 0.1) is 17.0 Å². The Kier molecular flexibility index (Phi) is 11.2. The van der Waals surface area contributed by atoms with Gasteiger partial charge in [-0.25, -0.2) is 8.42 Å². The Labute approximate surface area is 177 Å². The molecule has 0 bridgehead atoms. The van der Waals surface area contributed by atoms with Gasteiger partial charge in [0, 0.05) is 11.6 Å². The van der Waals surface area contributed by atoms with Crippen molar-refractivity contribution in [2.45, 2.75) is 96.8 Å². The fraction of sp³-hybridized carbons (Fsp3) is 0.667. The topological polar surface area (TPSA) is 62.0 Å².